The van der Waals surface area contributed by atoms with Gasteiger partial charge in [-0.15, -0.1) is 0 Å². The normalized spacial score (nSPS) is 14.8. The maximum atomic E-state index is 9.24. The Bertz CT molecular complexity index is 398. The summed E-state index contributed by atoms with van der Waals surface area (Å²) in [6, 6.07) is 9.55. The second-order valence-corrected chi connectivity index (χ2v) is 5.85. The summed E-state index contributed by atoms with van der Waals surface area (Å²) in [4.78, 5) is 0. The number of halogens is 1. The highest BCUT2D eigenvalue weighted by Gasteiger charge is 2.28. The third-order valence-electron chi connectivity index (χ3n) is 3.17. The minimum Gasteiger partial charge on any atom is -0.370 e. The largest absolute Gasteiger partial charge is 0.370 e. The molecule has 0 radical (unpaired) electrons. The number of hydrogen-bond donors (Lipinski definition) is 1. The van der Waals surface area contributed by atoms with Crippen molar-refractivity contribution in [2.24, 2.45) is 11.3 Å². The van der Waals surface area contributed by atoms with Crippen molar-refractivity contribution in [2.45, 2.75) is 33.7 Å². The van der Waals surface area contributed by atoms with Crippen LogP contribution in [0.5, 0.6) is 0 Å². The van der Waals surface area contributed by atoms with Gasteiger partial charge in [0, 0.05) is 10.7 Å². The Morgan fingerprint density at radius 2 is 1.76 bits per heavy atom. The number of rotatable bonds is 3. The van der Waals surface area contributed by atoms with Gasteiger partial charge in [0.15, 0.2) is 0 Å². The van der Waals surface area contributed by atoms with E-state index < -0.39 is 0 Å². The molecule has 0 spiro atoms. The minimum atomic E-state index is -0.198. The van der Waals surface area contributed by atoms with E-state index >= 15 is 0 Å². The van der Waals surface area contributed by atoms with Gasteiger partial charge in [0.2, 0.25) is 0 Å². The molecule has 0 saturated carbocycles. The maximum absolute atomic E-state index is 9.24. The molecule has 2 unspecified atom stereocenters. The van der Waals surface area contributed by atoms with Gasteiger partial charge in [0.25, 0.3) is 0 Å². The summed E-state index contributed by atoms with van der Waals surface area (Å²) >= 11 is 5.82. The van der Waals surface area contributed by atoms with E-state index in [9.17, 15) is 5.26 Å². The summed E-state index contributed by atoms with van der Waals surface area (Å²) in [5.74, 6) is 0.253. The van der Waals surface area contributed by atoms with Crippen LogP contribution in [0.2, 0.25) is 5.02 Å². The Labute approximate surface area is 109 Å². The molecule has 2 nitrogen and oxygen atoms in total. The summed E-state index contributed by atoms with van der Waals surface area (Å²) < 4.78 is 0. The summed E-state index contributed by atoms with van der Waals surface area (Å²) in [5, 5.41) is 13.2. The molecule has 3 heteroatoms. The minimum absolute atomic E-state index is 0.0970. The average Bonchev–Trinajstić information content (AvgIpc) is 2.26. The first kappa shape index (κ1) is 13.9. The number of anilines is 1. The molecular formula is C14H19ClN2. The molecule has 0 heterocycles. The number of nitrogens with zero attached hydrogens (tertiary/aromatic N) is 1. The third kappa shape index (κ3) is 3.94. The molecule has 0 bridgehead atoms. The fourth-order valence-electron chi connectivity index (χ4n) is 1.49. The van der Waals surface area contributed by atoms with Gasteiger partial charge in [-0.25, -0.2) is 0 Å². The molecule has 0 aliphatic rings. The Balaban J connectivity index is 2.78. The highest BCUT2D eigenvalue weighted by Crippen LogP contribution is 2.29. The Kier molecular flexibility index (Phi) is 4.42. The number of nitriles is 1. The van der Waals surface area contributed by atoms with Crippen LogP contribution in [0.3, 0.4) is 0 Å². The van der Waals surface area contributed by atoms with Crippen LogP contribution >= 0.6 is 11.6 Å². The highest BCUT2D eigenvalue weighted by atomic mass is 35.5. The van der Waals surface area contributed by atoms with E-state index in [1.54, 1.807) is 0 Å². The molecule has 1 rings (SSSR count). The van der Waals surface area contributed by atoms with Crippen molar-refractivity contribution in [1.82, 2.24) is 0 Å². The van der Waals surface area contributed by atoms with E-state index in [1.807, 2.05) is 24.3 Å². The van der Waals surface area contributed by atoms with Crippen molar-refractivity contribution in [1.29, 1.82) is 5.26 Å². The van der Waals surface area contributed by atoms with Crippen molar-refractivity contribution in [3.8, 4) is 6.07 Å². The lowest BCUT2D eigenvalue weighted by Crippen LogP contribution is -2.34. The lowest BCUT2D eigenvalue weighted by molar-refractivity contribution is 0.252. The number of nitrogens with one attached hydrogen (secondary N) is 1. The summed E-state index contributed by atoms with van der Waals surface area (Å²) in [6.07, 6.45) is 0. The fraction of sp³-hybridized carbons (Fsp3) is 0.500. The fourth-order valence-corrected chi connectivity index (χ4v) is 1.62. The Morgan fingerprint density at radius 3 is 2.18 bits per heavy atom. The van der Waals surface area contributed by atoms with Gasteiger partial charge in [0.1, 0.15) is 6.04 Å². The zero-order valence-corrected chi connectivity index (χ0v) is 11.5. The number of hydrogen-bond acceptors (Lipinski definition) is 2. The first-order chi connectivity index (χ1) is 7.84. The van der Waals surface area contributed by atoms with E-state index in [0.717, 1.165) is 5.69 Å². The van der Waals surface area contributed by atoms with Crippen LogP contribution in [0, 0.1) is 22.7 Å². The van der Waals surface area contributed by atoms with Gasteiger partial charge in [-0.05, 0) is 35.6 Å². The summed E-state index contributed by atoms with van der Waals surface area (Å²) in [6.45, 7) is 8.53. The molecule has 0 aromatic heterocycles. The topological polar surface area (TPSA) is 35.8 Å². The van der Waals surface area contributed by atoms with E-state index in [4.69, 9.17) is 11.6 Å². The van der Waals surface area contributed by atoms with E-state index in [1.165, 1.54) is 0 Å². The molecule has 0 saturated heterocycles. The highest BCUT2D eigenvalue weighted by molar-refractivity contribution is 6.30. The Hall–Kier alpha value is -1.20. The van der Waals surface area contributed by atoms with Crippen LogP contribution in [-0.4, -0.2) is 6.04 Å². The molecule has 17 heavy (non-hydrogen) atoms. The van der Waals surface area contributed by atoms with Crippen molar-refractivity contribution in [3.63, 3.8) is 0 Å². The molecule has 0 aliphatic heterocycles. The molecule has 0 aliphatic carbocycles. The second-order valence-electron chi connectivity index (χ2n) is 5.41. The first-order valence-electron chi connectivity index (χ1n) is 5.76. The molecule has 92 valence electrons. The molecule has 0 amide bonds. The SMILES string of the molecule is CC(C(C#N)Nc1ccc(Cl)cc1)C(C)(C)C. The van der Waals surface area contributed by atoms with Crippen LogP contribution < -0.4 is 5.32 Å². The van der Waals surface area contributed by atoms with Gasteiger partial charge < -0.3 is 5.32 Å². The Morgan fingerprint density at radius 1 is 1.24 bits per heavy atom. The monoisotopic (exact) mass is 250 g/mol. The first-order valence-corrected chi connectivity index (χ1v) is 6.14. The smallest absolute Gasteiger partial charge is 0.117 e. The van der Waals surface area contributed by atoms with Crippen molar-refractivity contribution >= 4 is 17.3 Å². The van der Waals surface area contributed by atoms with Gasteiger partial charge in [-0.2, -0.15) is 5.26 Å². The van der Waals surface area contributed by atoms with E-state index in [0.29, 0.717) is 5.02 Å². The lowest BCUT2D eigenvalue weighted by atomic mass is 9.78. The molecule has 2 atom stereocenters. The molecular weight excluding hydrogens is 232 g/mol. The molecule has 0 fully saturated rings. The van der Waals surface area contributed by atoms with Crippen LogP contribution in [0.15, 0.2) is 24.3 Å². The molecule has 1 aromatic rings. The van der Waals surface area contributed by atoms with Crippen LogP contribution in [0.1, 0.15) is 27.7 Å². The van der Waals surface area contributed by atoms with Gasteiger partial charge >= 0.3 is 0 Å². The zero-order chi connectivity index (χ0) is 13.1. The van der Waals surface area contributed by atoms with E-state index in [-0.39, 0.29) is 17.4 Å². The quantitative estimate of drug-likeness (QED) is 0.867. The van der Waals surface area contributed by atoms with E-state index in [2.05, 4.69) is 39.1 Å². The van der Waals surface area contributed by atoms with Gasteiger partial charge in [0.05, 0.1) is 6.07 Å². The van der Waals surface area contributed by atoms with Crippen molar-refractivity contribution in [2.75, 3.05) is 5.32 Å². The standard InChI is InChI=1S/C14H19ClN2/c1-10(14(2,3)4)13(9-16)17-12-7-5-11(15)6-8-12/h5-8,10,13,17H,1-4H3. The third-order valence-corrected chi connectivity index (χ3v) is 3.42. The summed E-state index contributed by atoms with van der Waals surface area (Å²) in [7, 11) is 0. The predicted octanol–water partition coefficient (Wildman–Crippen LogP) is 4.33. The number of benzene rings is 1. The maximum Gasteiger partial charge on any atom is 0.117 e. The summed E-state index contributed by atoms with van der Waals surface area (Å²) in [5.41, 5.74) is 1.02. The lowest BCUT2D eigenvalue weighted by Gasteiger charge is -2.31. The zero-order valence-electron chi connectivity index (χ0n) is 10.8. The van der Waals surface area contributed by atoms with Crippen molar-refractivity contribution in [3.05, 3.63) is 29.3 Å². The van der Waals surface area contributed by atoms with Crippen LogP contribution in [0.4, 0.5) is 5.69 Å². The molecule has 1 aromatic carbocycles. The predicted molar refractivity (Wildman–Crippen MR) is 73.1 cm³/mol. The second kappa shape index (κ2) is 5.42. The van der Waals surface area contributed by atoms with Crippen LogP contribution in [0.25, 0.3) is 0 Å². The van der Waals surface area contributed by atoms with Crippen molar-refractivity contribution < 1.29 is 0 Å². The molecule has 1 N–H and O–H groups in total. The average molecular weight is 251 g/mol. The van der Waals surface area contributed by atoms with Gasteiger partial charge in [-0.1, -0.05) is 39.3 Å². The van der Waals surface area contributed by atoms with Crippen LogP contribution in [-0.2, 0) is 0 Å². The van der Waals surface area contributed by atoms with Gasteiger partial charge in [-0.3, -0.25) is 0 Å².